The van der Waals surface area contributed by atoms with Gasteiger partial charge in [-0.2, -0.15) is 23.3 Å². The van der Waals surface area contributed by atoms with E-state index in [4.69, 9.17) is 14.2 Å². The Kier molecular flexibility index (Phi) is 5.88. The number of anilines is 1. The number of aromatic nitrogens is 7. The van der Waals surface area contributed by atoms with Gasteiger partial charge in [-0.15, -0.1) is 0 Å². The van der Waals surface area contributed by atoms with E-state index in [-0.39, 0.29) is 18.4 Å². The van der Waals surface area contributed by atoms with E-state index in [1.54, 1.807) is 6.20 Å². The van der Waals surface area contributed by atoms with Crippen LogP contribution in [0.15, 0.2) is 37.1 Å². The summed E-state index contributed by atoms with van der Waals surface area (Å²) in [5, 5.41) is 4.45. The van der Waals surface area contributed by atoms with E-state index >= 15 is 0 Å². The van der Waals surface area contributed by atoms with E-state index in [2.05, 4.69) is 30.0 Å². The number of nitrogens with zero attached hydrogens (tertiary/aromatic N) is 8. The fourth-order valence-corrected chi connectivity index (χ4v) is 3.78. The first kappa shape index (κ1) is 24.3. The Morgan fingerprint density at radius 2 is 1.84 bits per heavy atom. The maximum absolute atomic E-state index is 15.0. The molecule has 5 rings (SSSR count). The molecule has 5 heterocycles. The van der Waals surface area contributed by atoms with Crippen molar-refractivity contribution in [1.82, 2.24) is 34.5 Å². The fraction of sp³-hybridized carbons (Fsp3) is 0.333. The normalized spacial score (nSPS) is 17.3. The summed E-state index contributed by atoms with van der Waals surface area (Å²) >= 11 is 0. The van der Waals surface area contributed by atoms with Crippen LogP contribution >= 0.6 is 0 Å². The smallest absolute Gasteiger partial charge is 0.434 e. The van der Waals surface area contributed by atoms with Crippen molar-refractivity contribution in [2.24, 2.45) is 0 Å². The van der Waals surface area contributed by atoms with Gasteiger partial charge in [-0.3, -0.25) is 0 Å². The maximum atomic E-state index is 15.0. The van der Waals surface area contributed by atoms with Crippen LogP contribution in [0.5, 0.6) is 17.8 Å². The molecule has 0 N–H and O–H groups in total. The van der Waals surface area contributed by atoms with E-state index in [1.165, 1.54) is 42.1 Å². The molecule has 1 saturated heterocycles. The number of halogens is 5. The molecule has 0 bridgehead atoms. The predicted octanol–water partition coefficient (Wildman–Crippen LogP) is 2.92. The Bertz CT molecular complexity index is 1430. The number of rotatable bonds is 6. The summed E-state index contributed by atoms with van der Waals surface area (Å²) in [6, 6.07) is 1.60. The fourth-order valence-electron chi connectivity index (χ4n) is 3.78. The summed E-state index contributed by atoms with van der Waals surface area (Å²) in [6.07, 6.45) is -0.929. The monoisotopic (exact) mass is 524 g/mol. The van der Waals surface area contributed by atoms with Crippen LogP contribution in [-0.4, -0.2) is 73.9 Å². The van der Waals surface area contributed by atoms with Gasteiger partial charge in [-0.25, -0.2) is 33.2 Å². The van der Waals surface area contributed by atoms with Gasteiger partial charge in [0.15, 0.2) is 17.4 Å². The van der Waals surface area contributed by atoms with Crippen LogP contribution in [0.3, 0.4) is 0 Å². The molecule has 0 spiro atoms. The lowest BCUT2D eigenvalue weighted by Gasteiger charge is -2.19. The number of ether oxygens (including phenoxy) is 3. The topological polar surface area (TPSA) is 113 Å². The molecule has 1 aliphatic heterocycles. The lowest BCUT2D eigenvalue weighted by atomic mass is 10.2. The van der Waals surface area contributed by atoms with Crippen molar-refractivity contribution in [3.8, 4) is 29.0 Å². The van der Waals surface area contributed by atoms with Crippen molar-refractivity contribution in [3.05, 3.63) is 42.7 Å². The molecule has 37 heavy (non-hydrogen) atoms. The largest absolute Gasteiger partial charge is 0.480 e. The van der Waals surface area contributed by atoms with Crippen molar-refractivity contribution >= 4 is 11.3 Å². The summed E-state index contributed by atoms with van der Waals surface area (Å²) in [4.78, 5) is 20.4. The molecule has 1 atom stereocenters. The Morgan fingerprint density at radius 1 is 1.03 bits per heavy atom. The van der Waals surface area contributed by atoms with Gasteiger partial charge in [0.05, 0.1) is 51.0 Å². The zero-order valence-electron chi connectivity index (χ0n) is 19.1. The zero-order chi connectivity index (χ0) is 26.4. The average Bonchev–Trinajstić information content (AvgIpc) is 3.46. The highest BCUT2D eigenvalue weighted by Crippen LogP contribution is 2.37. The van der Waals surface area contributed by atoms with Crippen molar-refractivity contribution < 1.29 is 36.2 Å². The Morgan fingerprint density at radius 3 is 2.51 bits per heavy atom. The third-order valence-electron chi connectivity index (χ3n) is 5.50. The summed E-state index contributed by atoms with van der Waals surface area (Å²) in [7, 11) is 2.79. The van der Waals surface area contributed by atoms with Crippen molar-refractivity contribution in [2.75, 3.05) is 32.2 Å². The van der Waals surface area contributed by atoms with Crippen molar-refractivity contribution in [3.63, 3.8) is 0 Å². The summed E-state index contributed by atoms with van der Waals surface area (Å²) in [5.74, 6) is -3.68. The standard InChI is InChI=1S/C21H17F5N8O3/c1-35-18-11(6-30-19(31-18)36-2)12-5-13(17-27-3-4-34(17)32-12)33-9-15(20(22,23)10-33)37-16-8-28-14(7-29-16)21(24,25)26/h3-8,15H,9-10H2,1-2H3. The van der Waals surface area contributed by atoms with Crippen LogP contribution < -0.4 is 19.1 Å². The Labute approximate surface area is 204 Å². The Hall–Kier alpha value is -4.37. The highest BCUT2D eigenvalue weighted by molar-refractivity contribution is 5.76. The summed E-state index contributed by atoms with van der Waals surface area (Å²) in [5.41, 5.74) is 0.0175. The molecule has 0 radical (unpaired) electrons. The highest BCUT2D eigenvalue weighted by atomic mass is 19.4. The van der Waals surface area contributed by atoms with E-state index in [0.717, 1.165) is 0 Å². The first-order valence-corrected chi connectivity index (χ1v) is 10.6. The molecule has 1 unspecified atom stereocenters. The molecule has 0 aromatic carbocycles. The highest BCUT2D eigenvalue weighted by Gasteiger charge is 2.51. The van der Waals surface area contributed by atoms with Gasteiger partial charge in [-0.05, 0) is 6.07 Å². The molecule has 0 aliphatic carbocycles. The molecule has 11 nitrogen and oxygen atoms in total. The molecule has 194 valence electrons. The van der Waals surface area contributed by atoms with Gasteiger partial charge in [0, 0.05) is 18.6 Å². The summed E-state index contributed by atoms with van der Waals surface area (Å²) < 4.78 is 85.1. The van der Waals surface area contributed by atoms with Crippen molar-refractivity contribution in [2.45, 2.75) is 18.2 Å². The van der Waals surface area contributed by atoms with E-state index in [0.29, 0.717) is 35.0 Å². The van der Waals surface area contributed by atoms with Gasteiger partial charge in [0.25, 0.3) is 0 Å². The van der Waals surface area contributed by atoms with Crippen LogP contribution in [-0.2, 0) is 6.18 Å². The second-order valence-corrected chi connectivity index (χ2v) is 7.88. The Balaban J connectivity index is 1.47. The molecular weight excluding hydrogens is 507 g/mol. The first-order valence-electron chi connectivity index (χ1n) is 10.6. The van der Waals surface area contributed by atoms with Crippen molar-refractivity contribution in [1.29, 1.82) is 0 Å². The summed E-state index contributed by atoms with van der Waals surface area (Å²) in [6.45, 7) is -1.08. The maximum Gasteiger partial charge on any atom is 0.434 e. The molecule has 0 saturated carbocycles. The van der Waals surface area contributed by atoms with Gasteiger partial charge in [0.2, 0.25) is 11.8 Å². The number of alkyl halides is 5. The van der Waals surface area contributed by atoms with Crippen LogP contribution in [0.4, 0.5) is 27.6 Å². The third-order valence-corrected chi connectivity index (χ3v) is 5.50. The van der Waals surface area contributed by atoms with E-state index < -0.39 is 36.3 Å². The third kappa shape index (κ3) is 4.61. The van der Waals surface area contributed by atoms with Gasteiger partial charge < -0.3 is 19.1 Å². The molecule has 0 amide bonds. The second-order valence-electron chi connectivity index (χ2n) is 7.88. The molecule has 1 aliphatic rings. The first-order chi connectivity index (χ1) is 17.6. The molecule has 1 fully saturated rings. The number of hydrogen-bond donors (Lipinski definition) is 0. The molecular formula is C21H17F5N8O3. The minimum absolute atomic E-state index is 0.0649. The van der Waals surface area contributed by atoms with Crippen LogP contribution in [0.25, 0.3) is 16.9 Å². The molecule has 4 aromatic heterocycles. The lowest BCUT2D eigenvalue weighted by molar-refractivity contribution is -0.141. The van der Waals surface area contributed by atoms with Gasteiger partial charge in [0.1, 0.15) is 5.69 Å². The van der Waals surface area contributed by atoms with Crippen LogP contribution in [0.1, 0.15) is 5.69 Å². The average molecular weight is 524 g/mol. The predicted molar refractivity (Wildman–Crippen MR) is 116 cm³/mol. The zero-order valence-corrected chi connectivity index (χ0v) is 19.1. The minimum Gasteiger partial charge on any atom is -0.480 e. The quantitative estimate of drug-likeness (QED) is 0.349. The number of imidazole rings is 1. The van der Waals surface area contributed by atoms with Crippen LogP contribution in [0, 0.1) is 0 Å². The van der Waals surface area contributed by atoms with Crippen LogP contribution in [0.2, 0.25) is 0 Å². The van der Waals surface area contributed by atoms with Gasteiger partial charge >= 0.3 is 18.1 Å². The molecule has 4 aromatic rings. The second kappa shape index (κ2) is 8.94. The SMILES string of the molecule is COc1ncc(-c2cc(N3CC(Oc4cnc(C(F)(F)F)cn4)C(F)(F)C3)c3nccn3n2)c(OC)n1. The van der Waals surface area contributed by atoms with E-state index in [1.807, 2.05) is 0 Å². The number of hydrogen-bond acceptors (Lipinski definition) is 10. The minimum atomic E-state index is -4.72. The number of fused-ring (bicyclic) bond motifs is 1. The van der Waals surface area contributed by atoms with Gasteiger partial charge in [-0.1, -0.05) is 0 Å². The van der Waals surface area contributed by atoms with E-state index in [9.17, 15) is 22.0 Å². The number of methoxy groups -OCH3 is 2. The molecule has 16 heteroatoms. The lowest BCUT2D eigenvalue weighted by Crippen LogP contribution is -2.36.